The molecule has 198 valence electrons. The van der Waals surface area contributed by atoms with E-state index in [1.807, 2.05) is 91.8 Å². The predicted molar refractivity (Wildman–Crippen MR) is 140 cm³/mol. The highest BCUT2D eigenvalue weighted by Crippen LogP contribution is 2.43. The second-order valence-corrected chi connectivity index (χ2v) is 10.5. The smallest absolute Gasteiger partial charge is 0.220 e. The maximum Gasteiger partial charge on any atom is 0.220 e. The van der Waals surface area contributed by atoms with Crippen molar-refractivity contribution in [3.8, 4) is 23.0 Å². The lowest BCUT2D eigenvalue weighted by molar-refractivity contribution is -0.120. The van der Waals surface area contributed by atoms with Crippen LogP contribution in [0.3, 0.4) is 0 Å². The molecule has 0 spiro atoms. The summed E-state index contributed by atoms with van der Waals surface area (Å²) in [6.07, 6.45) is 0.531. The molecule has 0 radical (unpaired) electrons. The Hall–Kier alpha value is -2.93. The number of ether oxygens (including phenoxy) is 4. The maximum atomic E-state index is 12.6. The van der Waals surface area contributed by atoms with Crippen LogP contribution in [0.4, 0.5) is 0 Å². The summed E-state index contributed by atoms with van der Waals surface area (Å²) < 4.78 is 24.1. The summed E-state index contributed by atoms with van der Waals surface area (Å²) in [4.78, 5) is 12.3. The topological polar surface area (TPSA) is 86.2 Å². The minimum atomic E-state index is -1.59. The molecule has 7 nitrogen and oxygen atoms in total. The van der Waals surface area contributed by atoms with Gasteiger partial charge in [0.1, 0.15) is 28.6 Å². The highest BCUT2D eigenvalue weighted by molar-refractivity contribution is 5.79. The van der Waals surface area contributed by atoms with Crippen LogP contribution in [-0.4, -0.2) is 41.5 Å². The van der Waals surface area contributed by atoms with E-state index < -0.39 is 11.6 Å². The standard InChI is InChI=1S/C29H41NO6/c1-17(2)33-23-11-21(12-24(15-23)34-18(3)4)29(32,27-9-10-28(31)30-27)22-13-25(35-19(5)6)16-26(14-22)36-20(7)8/h11-20,27,32H,9-10H2,1-8H3,(H,30,31)/t27-/m0/s1. The summed E-state index contributed by atoms with van der Waals surface area (Å²) in [5.74, 6) is 2.21. The zero-order chi connectivity index (χ0) is 26.6. The van der Waals surface area contributed by atoms with Crippen molar-refractivity contribution in [2.45, 2.75) is 104 Å². The molecule has 7 heteroatoms. The van der Waals surface area contributed by atoms with E-state index in [1.54, 1.807) is 0 Å². The van der Waals surface area contributed by atoms with Crippen LogP contribution >= 0.6 is 0 Å². The molecular formula is C29H41NO6. The Balaban J connectivity index is 2.25. The van der Waals surface area contributed by atoms with E-state index in [9.17, 15) is 9.90 Å². The third-order valence-corrected chi connectivity index (χ3v) is 5.63. The molecule has 0 saturated carbocycles. The number of nitrogens with one attached hydrogen (secondary N) is 1. The largest absolute Gasteiger partial charge is 0.491 e. The van der Waals surface area contributed by atoms with Crippen molar-refractivity contribution < 1.29 is 28.8 Å². The van der Waals surface area contributed by atoms with E-state index in [4.69, 9.17) is 18.9 Å². The average molecular weight is 500 g/mol. The van der Waals surface area contributed by atoms with Gasteiger partial charge in [-0.3, -0.25) is 4.79 Å². The monoisotopic (exact) mass is 499 g/mol. The molecule has 1 aliphatic rings. The first kappa shape index (κ1) is 27.7. The fourth-order valence-corrected chi connectivity index (χ4v) is 4.44. The van der Waals surface area contributed by atoms with E-state index in [2.05, 4.69) is 5.32 Å². The SMILES string of the molecule is CC(C)Oc1cc(OC(C)C)cc(C(O)(c2cc(OC(C)C)cc(OC(C)C)c2)[C@@H]2CCC(=O)N2)c1. The second-order valence-electron chi connectivity index (χ2n) is 10.5. The molecule has 1 fully saturated rings. The number of hydrogen-bond donors (Lipinski definition) is 2. The molecule has 1 amide bonds. The quantitative estimate of drug-likeness (QED) is 0.433. The van der Waals surface area contributed by atoms with E-state index in [0.29, 0.717) is 47.0 Å². The Bertz CT molecular complexity index is 922. The molecule has 36 heavy (non-hydrogen) atoms. The summed E-state index contributed by atoms with van der Waals surface area (Å²) in [5, 5.41) is 15.5. The third-order valence-electron chi connectivity index (χ3n) is 5.63. The molecule has 0 bridgehead atoms. The van der Waals surface area contributed by atoms with Gasteiger partial charge in [-0.05, 0) is 97.2 Å². The number of hydrogen-bond acceptors (Lipinski definition) is 6. The van der Waals surface area contributed by atoms with Gasteiger partial charge >= 0.3 is 0 Å². The number of carbonyl (C=O) groups is 1. The first-order valence-electron chi connectivity index (χ1n) is 12.9. The minimum absolute atomic E-state index is 0.0692. The van der Waals surface area contributed by atoms with Gasteiger partial charge in [0.25, 0.3) is 0 Å². The normalized spacial score (nSPS) is 16.1. The first-order chi connectivity index (χ1) is 16.9. The van der Waals surface area contributed by atoms with Crippen LogP contribution in [0, 0.1) is 0 Å². The van der Waals surface area contributed by atoms with Crippen molar-refractivity contribution in [1.82, 2.24) is 5.32 Å². The summed E-state index contributed by atoms with van der Waals surface area (Å²) in [7, 11) is 0. The van der Waals surface area contributed by atoms with E-state index in [-0.39, 0.29) is 30.3 Å². The summed E-state index contributed by atoms with van der Waals surface area (Å²) in [5.41, 5.74) is -0.482. The maximum absolute atomic E-state index is 12.6. The highest BCUT2D eigenvalue weighted by Gasteiger charge is 2.45. The molecule has 2 N–H and O–H groups in total. The molecule has 2 aromatic carbocycles. The number of amides is 1. The number of carbonyl (C=O) groups excluding carboxylic acids is 1. The van der Waals surface area contributed by atoms with Crippen molar-refractivity contribution in [3.63, 3.8) is 0 Å². The number of rotatable bonds is 11. The van der Waals surface area contributed by atoms with Gasteiger partial charge in [0.2, 0.25) is 5.91 Å². The first-order valence-corrected chi connectivity index (χ1v) is 12.9. The van der Waals surface area contributed by atoms with Gasteiger partial charge in [-0.15, -0.1) is 0 Å². The number of benzene rings is 2. The van der Waals surface area contributed by atoms with Gasteiger partial charge in [-0.2, -0.15) is 0 Å². The molecule has 1 saturated heterocycles. The Kier molecular flexibility index (Phi) is 8.77. The Morgan fingerprint density at radius 3 is 1.28 bits per heavy atom. The molecule has 0 aromatic heterocycles. The Morgan fingerprint density at radius 2 is 1.03 bits per heavy atom. The van der Waals surface area contributed by atoms with Gasteiger partial charge < -0.3 is 29.4 Å². The van der Waals surface area contributed by atoms with Crippen LogP contribution in [0.15, 0.2) is 36.4 Å². The van der Waals surface area contributed by atoms with E-state index in [0.717, 1.165) is 0 Å². The van der Waals surface area contributed by atoms with Crippen LogP contribution in [0.25, 0.3) is 0 Å². The molecule has 1 aliphatic heterocycles. The second kappa shape index (κ2) is 11.4. The van der Waals surface area contributed by atoms with Crippen molar-refractivity contribution in [2.24, 2.45) is 0 Å². The van der Waals surface area contributed by atoms with Gasteiger partial charge in [-0.1, -0.05) is 0 Å². The lowest BCUT2D eigenvalue weighted by Gasteiger charge is -2.36. The number of aliphatic hydroxyl groups is 1. The molecule has 1 heterocycles. The fraction of sp³-hybridized carbons (Fsp3) is 0.552. The fourth-order valence-electron chi connectivity index (χ4n) is 4.44. The average Bonchev–Trinajstić information content (AvgIpc) is 3.17. The summed E-state index contributed by atoms with van der Waals surface area (Å²) in [6.45, 7) is 15.6. The lowest BCUT2D eigenvalue weighted by Crippen LogP contribution is -2.47. The molecule has 3 rings (SSSR count). The molecule has 0 unspecified atom stereocenters. The van der Waals surface area contributed by atoms with Gasteiger partial charge in [-0.25, -0.2) is 0 Å². The van der Waals surface area contributed by atoms with Crippen LogP contribution < -0.4 is 24.3 Å². The molecule has 1 atom stereocenters. The van der Waals surface area contributed by atoms with Crippen LogP contribution in [-0.2, 0) is 10.4 Å². The Morgan fingerprint density at radius 1 is 0.694 bits per heavy atom. The third kappa shape index (κ3) is 6.84. The molecule has 2 aromatic rings. The lowest BCUT2D eigenvalue weighted by atomic mass is 9.79. The molecule has 0 aliphatic carbocycles. The van der Waals surface area contributed by atoms with Crippen LogP contribution in [0.5, 0.6) is 23.0 Å². The highest BCUT2D eigenvalue weighted by atomic mass is 16.5. The van der Waals surface area contributed by atoms with Crippen LogP contribution in [0.1, 0.15) is 79.4 Å². The molecular weight excluding hydrogens is 458 g/mol. The minimum Gasteiger partial charge on any atom is -0.491 e. The predicted octanol–water partition coefficient (Wildman–Crippen LogP) is 5.35. The van der Waals surface area contributed by atoms with Crippen molar-refractivity contribution in [2.75, 3.05) is 0 Å². The van der Waals surface area contributed by atoms with Crippen molar-refractivity contribution >= 4 is 5.91 Å². The van der Waals surface area contributed by atoms with Gasteiger partial charge in [0, 0.05) is 18.6 Å². The van der Waals surface area contributed by atoms with Gasteiger partial charge in [0.15, 0.2) is 0 Å². The zero-order valence-corrected chi connectivity index (χ0v) is 22.8. The summed E-state index contributed by atoms with van der Waals surface area (Å²) in [6, 6.07) is 10.3. The van der Waals surface area contributed by atoms with Gasteiger partial charge in [0.05, 0.1) is 30.5 Å². The van der Waals surface area contributed by atoms with E-state index >= 15 is 0 Å². The van der Waals surface area contributed by atoms with E-state index in [1.165, 1.54) is 0 Å². The zero-order valence-electron chi connectivity index (χ0n) is 22.8. The van der Waals surface area contributed by atoms with Crippen molar-refractivity contribution in [1.29, 1.82) is 0 Å². The van der Waals surface area contributed by atoms with Crippen LogP contribution in [0.2, 0.25) is 0 Å². The van der Waals surface area contributed by atoms with Crippen molar-refractivity contribution in [3.05, 3.63) is 47.5 Å². The summed E-state index contributed by atoms with van der Waals surface area (Å²) >= 11 is 0. The Labute approximate surface area is 215 Å².